The van der Waals surface area contributed by atoms with Crippen molar-refractivity contribution in [3.63, 3.8) is 0 Å². The Bertz CT molecular complexity index is 1190. The van der Waals surface area contributed by atoms with Crippen LogP contribution in [0.3, 0.4) is 0 Å². The van der Waals surface area contributed by atoms with Crippen molar-refractivity contribution in [1.29, 1.82) is 0 Å². The van der Waals surface area contributed by atoms with E-state index in [1.54, 1.807) is 36.4 Å². The average molecular weight is 334 g/mol. The summed E-state index contributed by atoms with van der Waals surface area (Å²) in [7, 11) is 0. The highest BCUT2D eigenvalue weighted by atomic mass is 16.6. The van der Waals surface area contributed by atoms with Gasteiger partial charge in [0.1, 0.15) is 35.4 Å². The predicted octanol–water partition coefficient (Wildman–Crippen LogP) is 3.58. The van der Waals surface area contributed by atoms with Crippen molar-refractivity contribution in [3.05, 3.63) is 58.8 Å². The first kappa shape index (κ1) is 14.3. The number of rotatable bonds is 3. The quantitative estimate of drug-likeness (QED) is 0.352. The van der Waals surface area contributed by atoms with E-state index in [0.717, 1.165) is 12.0 Å². The molecule has 1 N–H and O–H groups in total. The lowest BCUT2D eigenvalue weighted by Crippen LogP contribution is -2.05. The molecular weight excluding hydrogens is 320 g/mol. The van der Waals surface area contributed by atoms with Crippen LogP contribution in [-0.4, -0.2) is 24.4 Å². The first-order valence-electron chi connectivity index (χ1n) is 8.06. The maximum atomic E-state index is 13.0. The minimum atomic E-state index is -0.166. The number of hydrogen-bond acceptors (Lipinski definition) is 5. The van der Waals surface area contributed by atoms with Crippen LogP contribution in [-0.2, 0) is 4.74 Å². The molecule has 1 aliphatic rings. The third-order valence-corrected chi connectivity index (χ3v) is 4.47. The average Bonchev–Trinajstić information content (AvgIpc) is 3.44. The molecule has 0 amide bonds. The third-order valence-electron chi connectivity index (χ3n) is 4.47. The second kappa shape index (κ2) is 5.22. The summed E-state index contributed by atoms with van der Waals surface area (Å²) in [6.07, 6.45) is 0.161. The number of benzene rings is 3. The minimum Gasteiger partial charge on any atom is -0.507 e. The van der Waals surface area contributed by atoms with Gasteiger partial charge in [0.15, 0.2) is 0 Å². The Morgan fingerprint density at radius 1 is 1.08 bits per heavy atom. The molecule has 1 fully saturated rings. The standard InChI is InChI=1S/C20H14O5/c21-15-3-1-2-11-4-7-16-19(18(11)15)20(22)14-6-5-12(8-17(14)25-16)23-9-13-10-24-13/h1-8,13,21H,9-10H2. The van der Waals surface area contributed by atoms with E-state index in [0.29, 0.717) is 39.7 Å². The zero-order valence-corrected chi connectivity index (χ0v) is 13.2. The number of fused-ring (bicyclic) bond motifs is 4. The van der Waals surface area contributed by atoms with Gasteiger partial charge in [0.2, 0.25) is 5.43 Å². The normalized spacial score (nSPS) is 16.6. The Kier molecular flexibility index (Phi) is 2.99. The van der Waals surface area contributed by atoms with Crippen LogP contribution in [0.15, 0.2) is 57.7 Å². The molecule has 0 aliphatic carbocycles. The Hall–Kier alpha value is -3.05. The minimum absolute atomic E-state index is 0.0686. The Balaban J connectivity index is 1.76. The number of phenolic OH excluding ortho intramolecular Hbond substituents is 1. The molecule has 5 heteroatoms. The summed E-state index contributed by atoms with van der Waals surface area (Å²) >= 11 is 0. The molecule has 25 heavy (non-hydrogen) atoms. The fraction of sp³-hybridized carbons (Fsp3) is 0.150. The Morgan fingerprint density at radius 2 is 1.96 bits per heavy atom. The lowest BCUT2D eigenvalue weighted by atomic mass is 10.0. The lowest BCUT2D eigenvalue weighted by Gasteiger charge is -2.08. The third kappa shape index (κ3) is 2.32. The highest BCUT2D eigenvalue weighted by Gasteiger charge is 2.23. The van der Waals surface area contributed by atoms with Gasteiger partial charge in [-0.05, 0) is 29.7 Å². The van der Waals surface area contributed by atoms with Gasteiger partial charge in [-0.2, -0.15) is 0 Å². The maximum absolute atomic E-state index is 13.0. The first-order valence-corrected chi connectivity index (χ1v) is 8.06. The summed E-state index contributed by atoms with van der Waals surface area (Å²) in [5.41, 5.74) is 0.732. The molecule has 124 valence electrons. The van der Waals surface area contributed by atoms with Gasteiger partial charge in [-0.3, -0.25) is 4.79 Å². The van der Waals surface area contributed by atoms with E-state index in [1.807, 2.05) is 12.1 Å². The van der Waals surface area contributed by atoms with E-state index >= 15 is 0 Å². The van der Waals surface area contributed by atoms with Crippen molar-refractivity contribution in [2.45, 2.75) is 6.10 Å². The van der Waals surface area contributed by atoms with E-state index < -0.39 is 0 Å². The van der Waals surface area contributed by atoms with E-state index in [1.165, 1.54) is 0 Å². The van der Waals surface area contributed by atoms with Crippen LogP contribution in [0.1, 0.15) is 0 Å². The van der Waals surface area contributed by atoms with Gasteiger partial charge in [-0.15, -0.1) is 0 Å². The van der Waals surface area contributed by atoms with Crippen LogP contribution >= 0.6 is 0 Å². The zero-order chi connectivity index (χ0) is 17.0. The number of epoxide rings is 1. The number of phenols is 1. The molecule has 2 heterocycles. The van der Waals surface area contributed by atoms with Crippen LogP contribution in [0.4, 0.5) is 0 Å². The molecule has 5 nitrogen and oxygen atoms in total. The molecule has 1 saturated heterocycles. The monoisotopic (exact) mass is 334 g/mol. The van der Waals surface area contributed by atoms with Crippen molar-refractivity contribution in [1.82, 2.24) is 0 Å². The van der Waals surface area contributed by atoms with E-state index in [2.05, 4.69) is 0 Å². The van der Waals surface area contributed by atoms with Crippen molar-refractivity contribution < 1.29 is 19.0 Å². The van der Waals surface area contributed by atoms with Gasteiger partial charge in [0.25, 0.3) is 0 Å². The first-order chi connectivity index (χ1) is 12.2. The van der Waals surface area contributed by atoms with Crippen molar-refractivity contribution in [2.75, 3.05) is 13.2 Å². The van der Waals surface area contributed by atoms with Crippen LogP contribution in [0.25, 0.3) is 32.7 Å². The highest BCUT2D eigenvalue weighted by molar-refractivity contribution is 6.10. The fourth-order valence-corrected chi connectivity index (χ4v) is 3.12. The molecule has 1 unspecified atom stereocenters. The molecule has 5 rings (SSSR count). The van der Waals surface area contributed by atoms with Crippen LogP contribution in [0, 0.1) is 0 Å². The summed E-state index contributed by atoms with van der Waals surface area (Å²) in [5.74, 6) is 0.702. The lowest BCUT2D eigenvalue weighted by molar-refractivity contribution is 0.263. The van der Waals surface area contributed by atoms with Crippen molar-refractivity contribution in [3.8, 4) is 11.5 Å². The van der Waals surface area contributed by atoms with E-state index in [9.17, 15) is 9.90 Å². The van der Waals surface area contributed by atoms with Crippen LogP contribution in [0.2, 0.25) is 0 Å². The van der Waals surface area contributed by atoms with Crippen LogP contribution < -0.4 is 10.2 Å². The molecule has 1 atom stereocenters. The van der Waals surface area contributed by atoms with Gasteiger partial charge >= 0.3 is 0 Å². The number of ether oxygens (including phenoxy) is 2. The summed E-state index contributed by atoms with van der Waals surface area (Å²) in [6, 6.07) is 13.9. The summed E-state index contributed by atoms with van der Waals surface area (Å²) < 4.78 is 16.7. The molecule has 3 aromatic carbocycles. The molecular formula is C20H14O5. The largest absolute Gasteiger partial charge is 0.507 e. The van der Waals surface area contributed by atoms with Gasteiger partial charge < -0.3 is 19.0 Å². The Labute approximate surface area is 142 Å². The summed E-state index contributed by atoms with van der Waals surface area (Å²) in [5, 5.41) is 12.4. The smallest absolute Gasteiger partial charge is 0.201 e. The highest BCUT2D eigenvalue weighted by Crippen LogP contribution is 2.32. The molecule has 1 aliphatic heterocycles. The molecule has 0 bridgehead atoms. The van der Waals surface area contributed by atoms with Crippen LogP contribution in [0.5, 0.6) is 11.5 Å². The molecule has 0 spiro atoms. The SMILES string of the molecule is O=c1c2ccc(OCC3CO3)cc2oc2ccc3cccc(O)c3c12. The topological polar surface area (TPSA) is 72.2 Å². The fourth-order valence-electron chi connectivity index (χ4n) is 3.12. The maximum Gasteiger partial charge on any atom is 0.201 e. The molecule has 0 radical (unpaired) electrons. The summed E-state index contributed by atoms with van der Waals surface area (Å²) in [4.78, 5) is 13.0. The van der Waals surface area contributed by atoms with Gasteiger partial charge in [0, 0.05) is 11.5 Å². The van der Waals surface area contributed by atoms with Gasteiger partial charge in [-0.25, -0.2) is 0 Å². The zero-order valence-electron chi connectivity index (χ0n) is 13.2. The summed E-state index contributed by atoms with van der Waals surface area (Å²) in [6.45, 7) is 1.21. The molecule has 0 saturated carbocycles. The second-order valence-corrected chi connectivity index (χ2v) is 6.17. The molecule has 1 aromatic heterocycles. The van der Waals surface area contributed by atoms with Gasteiger partial charge in [-0.1, -0.05) is 18.2 Å². The number of hydrogen-bond donors (Lipinski definition) is 1. The Morgan fingerprint density at radius 3 is 2.80 bits per heavy atom. The molecule has 4 aromatic rings. The van der Waals surface area contributed by atoms with Crippen molar-refractivity contribution >= 4 is 32.7 Å². The van der Waals surface area contributed by atoms with E-state index in [-0.39, 0.29) is 17.3 Å². The van der Waals surface area contributed by atoms with E-state index in [4.69, 9.17) is 13.9 Å². The second-order valence-electron chi connectivity index (χ2n) is 6.17. The van der Waals surface area contributed by atoms with Gasteiger partial charge in [0.05, 0.1) is 17.4 Å². The van der Waals surface area contributed by atoms with Crippen molar-refractivity contribution in [2.24, 2.45) is 0 Å². The number of aromatic hydroxyl groups is 1. The predicted molar refractivity (Wildman–Crippen MR) is 94.4 cm³/mol.